The maximum Gasteiger partial charge on any atom is 0.197 e. The van der Waals surface area contributed by atoms with E-state index in [-0.39, 0.29) is 11.6 Å². The van der Waals surface area contributed by atoms with Crippen LogP contribution in [0.25, 0.3) is 10.9 Å². The van der Waals surface area contributed by atoms with Crippen LogP contribution >= 0.6 is 0 Å². The zero-order valence-corrected chi connectivity index (χ0v) is 20.4. The topological polar surface area (TPSA) is 52.2 Å². The summed E-state index contributed by atoms with van der Waals surface area (Å²) in [6.07, 6.45) is 7.60. The van der Waals surface area contributed by atoms with E-state index >= 15 is 4.39 Å². The molecule has 6 rings (SSSR count). The fourth-order valence-corrected chi connectivity index (χ4v) is 6.48. The lowest BCUT2D eigenvalue weighted by Crippen LogP contribution is -2.47. The molecule has 0 saturated carbocycles. The lowest BCUT2D eigenvalue weighted by Gasteiger charge is -2.41. The monoisotopic (exact) mass is 460 g/mol. The van der Waals surface area contributed by atoms with E-state index in [1.54, 1.807) is 6.20 Å². The Bertz CT molecular complexity index is 1280. The summed E-state index contributed by atoms with van der Waals surface area (Å²) in [5, 5.41) is 0.897. The summed E-state index contributed by atoms with van der Waals surface area (Å²) in [5.74, 6) is -0.0823. The van der Waals surface area contributed by atoms with Crippen molar-refractivity contribution in [3.8, 4) is 0 Å². The van der Waals surface area contributed by atoms with Crippen molar-refractivity contribution in [3.05, 3.63) is 58.2 Å². The number of carbonyl (C=O) groups is 1. The molecule has 3 aromatic rings. The van der Waals surface area contributed by atoms with Gasteiger partial charge in [0.2, 0.25) is 0 Å². The minimum absolute atomic E-state index is 0.138. The largest absolute Gasteiger partial charge is 0.357 e. The van der Waals surface area contributed by atoms with Crippen molar-refractivity contribution >= 4 is 22.5 Å². The molecule has 0 amide bonds. The second-order valence-corrected chi connectivity index (χ2v) is 10.9. The summed E-state index contributed by atoms with van der Waals surface area (Å²) in [7, 11) is 0. The van der Waals surface area contributed by atoms with Gasteiger partial charge in [0.25, 0.3) is 0 Å². The number of benzene rings is 1. The van der Waals surface area contributed by atoms with Crippen molar-refractivity contribution in [2.75, 3.05) is 31.1 Å². The number of piperidine rings is 2. The number of aromatic amines is 1. The predicted molar refractivity (Wildman–Crippen MR) is 133 cm³/mol. The van der Waals surface area contributed by atoms with Crippen molar-refractivity contribution < 1.29 is 9.18 Å². The quantitative estimate of drug-likeness (QED) is 0.561. The molecule has 0 spiro atoms. The van der Waals surface area contributed by atoms with Crippen LogP contribution < -0.4 is 4.90 Å². The molecule has 34 heavy (non-hydrogen) atoms. The molecular formula is C28H33FN4O. The number of aromatic nitrogens is 2. The molecule has 0 radical (unpaired) electrons. The third kappa shape index (κ3) is 3.22. The number of pyridine rings is 1. The van der Waals surface area contributed by atoms with Gasteiger partial charge in [0.15, 0.2) is 17.4 Å². The number of H-pyrrole nitrogens is 1. The average molecular weight is 461 g/mol. The molecule has 0 atom stereocenters. The highest BCUT2D eigenvalue weighted by Gasteiger charge is 2.43. The molecule has 4 heterocycles. The van der Waals surface area contributed by atoms with E-state index in [0.29, 0.717) is 28.6 Å². The van der Waals surface area contributed by atoms with Gasteiger partial charge >= 0.3 is 0 Å². The first-order valence-corrected chi connectivity index (χ1v) is 12.7. The fourth-order valence-electron chi connectivity index (χ4n) is 6.48. The van der Waals surface area contributed by atoms with Gasteiger partial charge in [-0.1, -0.05) is 32.4 Å². The summed E-state index contributed by atoms with van der Waals surface area (Å²) < 4.78 is 16.2. The molecular weight excluding hydrogens is 427 g/mol. The van der Waals surface area contributed by atoms with Gasteiger partial charge in [-0.2, -0.15) is 0 Å². The Labute approximate surface area is 200 Å². The summed E-state index contributed by atoms with van der Waals surface area (Å²) in [6, 6.07) is 6.65. The summed E-state index contributed by atoms with van der Waals surface area (Å²) in [5.41, 5.74) is 3.69. The molecule has 3 aliphatic rings. The Kier molecular flexibility index (Phi) is 5.07. The van der Waals surface area contributed by atoms with Crippen LogP contribution in [0.1, 0.15) is 78.7 Å². The molecule has 0 unspecified atom stereocenters. The van der Waals surface area contributed by atoms with Crippen LogP contribution in [0.2, 0.25) is 0 Å². The molecule has 1 N–H and O–H groups in total. The Morgan fingerprint density at radius 1 is 1.09 bits per heavy atom. The Morgan fingerprint density at radius 2 is 1.82 bits per heavy atom. The highest BCUT2D eigenvalue weighted by Crippen LogP contribution is 2.46. The summed E-state index contributed by atoms with van der Waals surface area (Å²) in [4.78, 5) is 26.3. The molecule has 1 aromatic carbocycles. The number of hydrogen-bond donors (Lipinski definition) is 1. The second kappa shape index (κ2) is 7.91. The smallest absolute Gasteiger partial charge is 0.197 e. The molecule has 0 bridgehead atoms. The van der Waals surface area contributed by atoms with Crippen LogP contribution in [0.4, 0.5) is 10.2 Å². The Balaban J connectivity index is 1.35. The van der Waals surface area contributed by atoms with E-state index < -0.39 is 5.41 Å². The molecule has 2 aromatic heterocycles. The molecule has 2 saturated heterocycles. The molecule has 2 fully saturated rings. The average Bonchev–Trinajstić information content (AvgIpc) is 3.23. The molecule has 2 aliphatic heterocycles. The number of hydrogen-bond acceptors (Lipinski definition) is 4. The van der Waals surface area contributed by atoms with Crippen molar-refractivity contribution in [1.29, 1.82) is 0 Å². The van der Waals surface area contributed by atoms with Gasteiger partial charge in [-0.25, -0.2) is 9.37 Å². The third-order valence-corrected chi connectivity index (χ3v) is 8.35. The zero-order valence-electron chi connectivity index (χ0n) is 20.4. The molecule has 5 nitrogen and oxygen atoms in total. The third-order valence-electron chi connectivity index (χ3n) is 8.35. The highest BCUT2D eigenvalue weighted by molar-refractivity contribution is 6.20. The van der Waals surface area contributed by atoms with E-state index in [9.17, 15) is 4.79 Å². The first-order valence-electron chi connectivity index (χ1n) is 12.7. The van der Waals surface area contributed by atoms with Crippen LogP contribution in [0.5, 0.6) is 0 Å². The van der Waals surface area contributed by atoms with Gasteiger partial charge in [-0.15, -0.1) is 0 Å². The van der Waals surface area contributed by atoms with Gasteiger partial charge in [-0.05, 0) is 57.3 Å². The van der Waals surface area contributed by atoms with Gasteiger partial charge < -0.3 is 14.8 Å². The number of nitrogens with zero attached hydrogens (tertiary/aromatic N) is 3. The zero-order chi connectivity index (χ0) is 23.6. The normalized spacial score (nSPS) is 21.1. The number of ketones is 1. The standard InChI is InChI=1S/C28H33FN4O/c1-17-7-8-19-21(15-17)31-26-22(19)25(34)20-16-30-27(24(29)23(20)28(26,2)3)33-13-9-18(10-14-33)32-11-5-4-6-12-32/h7-8,15-16,18,31H,4-6,9-14H2,1-3H3. The van der Waals surface area contributed by atoms with Crippen molar-refractivity contribution in [3.63, 3.8) is 0 Å². The maximum absolute atomic E-state index is 16.2. The Hall–Kier alpha value is -2.73. The maximum atomic E-state index is 16.2. The van der Waals surface area contributed by atoms with Crippen molar-refractivity contribution in [2.24, 2.45) is 0 Å². The van der Waals surface area contributed by atoms with E-state index in [0.717, 1.165) is 48.1 Å². The number of anilines is 1. The van der Waals surface area contributed by atoms with Crippen molar-refractivity contribution in [2.45, 2.75) is 64.3 Å². The lowest BCUT2D eigenvalue weighted by atomic mass is 9.71. The van der Waals surface area contributed by atoms with Crippen LogP contribution in [0, 0.1) is 12.7 Å². The van der Waals surface area contributed by atoms with Gasteiger partial charge in [0.05, 0.1) is 5.56 Å². The number of aryl methyl sites for hydroxylation is 1. The first kappa shape index (κ1) is 21.8. The Morgan fingerprint density at radius 3 is 2.56 bits per heavy atom. The van der Waals surface area contributed by atoms with E-state index in [4.69, 9.17) is 0 Å². The van der Waals surface area contributed by atoms with E-state index in [1.165, 1.54) is 32.4 Å². The minimum Gasteiger partial charge on any atom is -0.357 e. The summed E-state index contributed by atoms with van der Waals surface area (Å²) in [6.45, 7) is 10.0. The first-order chi connectivity index (χ1) is 16.4. The van der Waals surface area contributed by atoms with Crippen LogP contribution in [-0.4, -0.2) is 52.9 Å². The van der Waals surface area contributed by atoms with Gasteiger partial charge in [0.1, 0.15) is 0 Å². The fraction of sp³-hybridized carbons (Fsp3) is 0.500. The molecule has 178 valence electrons. The number of fused-ring (bicyclic) bond motifs is 4. The lowest BCUT2D eigenvalue weighted by molar-refractivity contribution is 0.103. The van der Waals surface area contributed by atoms with Gasteiger partial charge in [-0.3, -0.25) is 4.79 Å². The number of rotatable bonds is 2. The van der Waals surface area contributed by atoms with Gasteiger partial charge in [0, 0.05) is 58.5 Å². The number of nitrogens with one attached hydrogen (secondary N) is 1. The highest BCUT2D eigenvalue weighted by atomic mass is 19.1. The summed E-state index contributed by atoms with van der Waals surface area (Å²) >= 11 is 0. The van der Waals surface area contributed by atoms with E-state index in [2.05, 4.69) is 19.8 Å². The predicted octanol–water partition coefficient (Wildman–Crippen LogP) is 5.34. The van der Waals surface area contributed by atoms with Crippen LogP contribution in [0.15, 0.2) is 24.4 Å². The number of carbonyl (C=O) groups excluding carboxylic acids is 1. The molecule has 6 heteroatoms. The van der Waals surface area contributed by atoms with E-state index in [1.807, 2.05) is 39.0 Å². The molecule has 1 aliphatic carbocycles. The second-order valence-electron chi connectivity index (χ2n) is 10.9. The minimum atomic E-state index is -0.667. The SMILES string of the molecule is Cc1ccc2c3c([nH]c2c1)C(C)(C)c1c(cnc(N2CCC(N4CCCCC4)CC2)c1F)C3=O. The number of halogens is 1. The van der Waals surface area contributed by atoms with Crippen LogP contribution in [0.3, 0.4) is 0 Å². The van der Waals surface area contributed by atoms with Crippen LogP contribution in [-0.2, 0) is 5.41 Å². The van der Waals surface area contributed by atoms with Crippen molar-refractivity contribution in [1.82, 2.24) is 14.9 Å². The number of likely N-dealkylation sites (tertiary alicyclic amines) is 1.